The van der Waals surface area contributed by atoms with Crippen LogP contribution in [0.15, 0.2) is 30.3 Å². The molecule has 0 saturated heterocycles. The second-order valence-electron chi connectivity index (χ2n) is 5.97. The summed E-state index contributed by atoms with van der Waals surface area (Å²) in [5.41, 5.74) is 1.98. The van der Waals surface area contributed by atoms with Crippen molar-refractivity contribution in [1.29, 1.82) is 0 Å². The molecule has 0 radical (unpaired) electrons. The van der Waals surface area contributed by atoms with Gasteiger partial charge in [-0.25, -0.2) is 4.79 Å². The number of phenols is 2. The summed E-state index contributed by atoms with van der Waals surface area (Å²) >= 11 is 0. The van der Waals surface area contributed by atoms with E-state index in [0.717, 1.165) is 11.1 Å². The van der Waals surface area contributed by atoms with Crippen molar-refractivity contribution in [2.45, 2.75) is 33.8 Å². The van der Waals surface area contributed by atoms with Crippen molar-refractivity contribution in [1.82, 2.24) is 0 Å². The van der Waals surface area contributed by atoms with Gasteiger partial charge in [-0.05, 0) is 69.2 Å². The minimum Gasteiger partial charge on any atom is -0.507 e. The topological polar surface area (TPSA) is 83.8 Å². The van der Waals surface area contributed by atoms with E-state index in [0.29, 0.717) is 0 Å². The molecular formula is C19H20O5. The molecule has 0 amide bonds. The molecule has 0 aliphatic carbocycles. The summed E-state index contributed by atoms with van der Waals surface area (Å²) in [5, 5.41) is 19.9. The van der Waals surface area contributed by atoms with Gasteiger partial charge in [0.15, 0.2) is 5.78 Å². The lowest BCUT2D eigenvalue weighted by Gasteiger charge is -2.11. The molecule has 2 N–H and O–H groups in total. The van der Waals surface area contributed by atoms with Crippen molar-refractivity contribution in [2.75, 3.05) is 0 Å². The standard InChI is InChI=1S/C19H20O5/c1-10(2)24-19(23)15-9-13(5-6-16(15)20)18(22)14-7-11(3)12(4)8-17(14)21/h5-10,20-21H,1-4H3. The molecule has 0 aliphatic heterocycles. The SMILES string of the molecule is Cc1cc(O)c(C(=O)c2ccc(O)c(C(=O)OC(C)C)c2)cc1C. The number of carbonyl (C=O) groups is 2. The van der Waals surface area contributed by atoms with Crippen LogP contribution in [0.2, 0.25) is 0 Å². The van der Waals surface area contributed by atoms with Crippen LogP contribution in [0, 0.1) is 13.8 Å². The van der Waals surface area contributed by atoms with E-state index in [4.69, 9.17) is 4.74 Å². The second-order valence-corrected chi connectivity index (χ2v) is 5.97. The third-order valence-corrected chi connectivity index (χ3v) is 3.68. The van der Waals surface area contributed by atoms with Crippen LogP contribution in [0.3, 0.4) is 0 Å². The summed E-state index contributed by atoms with van der Waals surface area (Å²) in [5.74, 6) is -1.53. The average molecular weight is 328 g/mol. The Bertz CT molecular complexity index is 806. The van der Waals surface area contributed by atoms with Gasteiger partial charge in [-0.1, -0.05) is 0 Å². The fourth-order valence-electron chi connectivity index (χ4n) is 2.26. The number of ketones is 1. The van der Waals surface area contributed by atoms with Crippen LogP contribution < -0.4 is 0 Å². The highest BCUT2D eigenvalue weighted by Crippen LogP contribution is 2.27. The van der Waals surface area contributed by atoms with Gasteiger partial charge in [0.05, 0.1) is 11.7 Å². The van der Waals surface area contributed by atoms with Crippen molar-refractivity contribution in [3.63, 3.8) is 0 Å². The molecule has 24 heavy (non-hydrogen) atoms. The first kappa shape index (κ1) is 17.5. The molecule has 0 heterocycles. The Hall–Kier alpha value is -2.82. The van der Waals surface area contributed by atoms with Crippen molar-refractivity contribution in [3.8, 4) is 11.5 Å². The Morgan fingerprint density at radius 3 is 2.17 bits per heavy atom. The molecular weight excluding hydrogens is 308 g/mol. The summed E-state index contributed by atoms with van der Waals surface area (Å²) in [6, 6.07) is 7.07. The van der Waals surface area contributed by atoms with E-state index in [1.165, 1.54) is 24.3 Å². The Morgan fingerprint density at radius 2 is 1.54 bits per heavy atom. The van der Waals surface area contributed by atoms with E-state index in [9.17, 15) is 19.8 Å². The van der Waals surface area contributed by atoms with E-state index >= 15 is 0 Å². The van der Waals surface area contributed by atoms with Crippen LogP contribution in [0.1, 0.15) is 51.3 Å². The quantitative estimate of drug-likeness (QED) is 0.663. The molecule has 126 valence electrons. The number of esters is 1. The molecule has 0 unspecified atom stereocenters. The maximum absolute atomic E-state index is 12.6. The molecule has 2 rings (SSSR count). The Kier molecular flexibility index (Phi) is 4.93. The number of aryl methyl sites for hydroxylation is 2. The first-order valence-corrected chi connectivity index (χ1v) is 7.59. The highest BCUT2D eigenvalue weighted by atomic mass is 16.5. The highest BCUT2D eigenvalue weighted by molar-refractivity contribution is 6.12. The van der Waals surface area contributed by atoms with Gasteiger partial charge < -0.3 is 14.9 Å². The highest BCUT2D eigenvalue weighted by Gasteiger charge is 2.20. The number of benzene rings is 2. The number of aromatic hydroxyl groups is 2. The number of rotatable bonds is 4. The van der Waals surface area contributed by atoms with Gasteiger partial charge in [0.2, 0.25) is 0 Å². The molecule has 2 aromatic rings. The maximum atomic E-state index is 12.6. The minimum atomic E-state index is -0.707. The fourth-order valence-corrected chi connectivity index (χ4v) is 2.26. The molecule has 2 aromatic carbocycles. The Balaban J connectivity index is 2.44. The lowest BCUT2D eigenvalue weighted by molar-refractivity contribution is 0.0374. The summed E-state index contributed by atoms with van der Waals surface area (Å²) < 4.78 is 5.06. The Labute approximate surface area is 140 Å². The molecule has 5 nitrogen and oxygen atoms in total. The van der Waals surface area contributed by atoms with Crippen molar-refractivity contribution in [3.05, 3.63) is 58.1 Å². The molecule has 5 heteroatoms. The molecule has 0 atom stereocenters. The van der Waals surface area contributed by atoms with Gasteiger partial charge in [0.25, 0.3) is 0 Å². The summed E-state index contributed by atoms with van der Waals surface area (Å²) in [6.07, 6.45) is -0.347. The fraction of sp³-hybridized carbons (Fsp3) is 0.263. The van der Waals surface area contributed by atoms with Crippen LogP contribution in [0.5, 0.6) is 11.5 Å². The lowest BCUT2D eigenvalue weighted by atomic mass is 9.97. The van der Waals surface area contributed by atoms with Gasteiger partial charge in [-0.15, -0.1) is 0 Å². The van der Waals surface area contributed by atoms with Crippen LogP contribution >= 0.6 is 0 Å². The normalized spacial score (nSPS) is 10.7. The summed E-state index contributed by atoms with van der Waals surface area (Å²) in [4.78, 5) is 24.7. The smallest absolute Gasteiger partial charge is 0.342 e. The molecule has 0 spiro atoms. The molecule has 0 bridgehead atoms. The zero-order valence-electron chi connectivity index (χ0n) is 14.1. The number of ether oxygens (including phenoxy) is 1. The first-order valence-electron chi connectivity index (χ1n) is 7.59. The summed E-state index contributed by atoms with van der Waals surface area (Å²) in [6.45, 7) is 7.06. The minimum absolute atomic E-state index is 0.0853. The number of carbonyl (C=O) groups excluding carboxylic acids is 2. The average Bonchev–Trinajstić information content (AvgIpc) is 2.50. The molecule has 0 saturated carbocycles. The Morgan fingerprint density at radius 1 is 0.917 bits per heavy atom. The zero-order chi connectivity index (χ0) is 18.0. The predicted octanol–water partition coefficient (Wildman–Crippen LogP) is 3.51. The zero-order valence-corrected chi connectivity index (χ0v) is 14.1. The van der Waals surface area contributed by atoms with E-state index < -0.39 is 11.8 Å². The first-order chi connectivity index (χ1) is 11.2. The van der Waals surface area contributed by atoms with Gasteiger partial charge in [-0.3, -0.25) is 4.79 Å². The van der Waals surface area contributed by atoms with Crippen LogP contribution in [0.4, 0.5) is 0 Å². The van der Waals surface area contributed by atoms with Crippen LogP contribution in [-0.2, 0) is 4.74 Å². The molecule has 0 fully saturated rings. The third kappa shape index (κ3) is 3.56. The van der Waals surface area contributed by atoms with E-state index in [1.807, 2.05) is 13.8 Å². The number of hydrogen-bond donors (Lipinski definition) is 2. The number of phenolic OH excluding ortho intramolecular Hbond substituents is 2. The number of hydrogen-bond acceptors (Lipinski definition) is 5. The summed E-state index contributed by atoms with van der Waals surface area (Å²) in [7, 11) is 0. The van der Waals surface area contributed by atoms with Crippen molar-refractivity contribution < 1.29 is 24.5 Å². The molecule has 0 aliphatic rings. The third-order valence-electron chi connectivity index (χ3n) is 3.68. The van der Waals surface area contributed by atoms with Crippen LogP contribution in [-0.4, -0.2) is 28.1 Å². The van der Waals surface area contributed by atoms with Crippen molar-refractivity contribution >= 4 is 11.8 Å². The lowest BCUT2D eigenvalue weighted by Crippen LogP contribution is -2.13. The second kappa shape index (κ2) is 6.74. The van der Waals surface area contributed by atoms with Gasteiger partial charge in [-0.2, -0.15) is 0 Å². The van der Waals surface area contributed by atoms with E-state index in [-0.39, 0.29) is 34.3 Å². The molecule has 0 aromatic heterocycles. The predicted molar refractivity (Wildman–Crippen MR) is 89.7 cm³/mol. The monoisotopic (exact) mass is 328 g/mol. The van der Waals surface area contributed by atoms with E-state index in [2.05, 4.69) is 0 Å². The van der Waals surface area contributed by atoms with Gasteiger partial charge in [0.1, 0.15) is 17.1 Å². The largest absolute Gasteiger partial charge is 0.507 e. The maximum Gasteiger partial charge on any atom is 0.342 e. The van der Waals surface area contributed by atoms with E-state index in [1.54, 1.807) is 19.9 Å². The van der Waals surface area contributed by atoms with Crippen LogP contribution in [0.25, 0.3) is 0 Å². The van der Waals surface area contributed by atoms with Crippen molar-refractivity contribution in [2.24, 2.45) is 0 Å². The van der Waals surface area contributed by atoms with Gasteiger partial charge in [0, 0.05) is 5.56 Å². The van der Waals surface area contributed by atoms with Gasteiger partial charge >= 0.3 is 5.97 Å².